The topological polar surface area (TPSA) is 64.6 Å². The molecular weight excluding hydrogens is 282 g/mol. The lowest BCUT2D eigenvalue weighted by atomic mass is 10.2. The van der Waals surface area contributed by atoms with E-state index in [0.717, 1.165) is 44.9 Å². The maximum Gasteiger partial charge on any atom is 0.407 e. The Labute approximate surface area is 135 Å². The number of rotatable bonds is 14. The lowest BCUT2D eigenvalue weighted by molar-refractivity contribution is -0.143. The van der Waals surface area contributed by atoms with E-state index in [-0.39, 0.29) is 12.1 Å². The molecule has 1 amide bonds. The van der Waals surface area contributed by atoms with Gasteiger partial charge in [0.25, 0.3) is 0 Å². The monoisotopic (exact) mass is 315 g/mol. The number of ether oxygens (including phenoxy) is 2. The van der Waals surface area contributed by atoms with Crippen LogP contribution in [0.25, 0.3) is 0 Å². The van der Waals surface area contributed by atoms with Crippen LogP contribution in [-0.2, 0) is 14.3 Å². The van der Waals surface area contributed by atoms with Crippen LogP contribution in [0.5, 0.6) is 0 Å². The van der Waals surface area contributed by atoms with Crippen LogP contribution in [0.1, 0.15) is 78.1 Å². The first-order valence-corrected chi connectivity index (χ1v) is 8.77. The Morgan fingerprint density at radius 1 is 0.773 bits per heavy atom. The van der Waals surface area contributed by atoms with Gasteiger partial charge in [0.1, 0.15) is 0 Å². The average molecular weight is 315 g/mol. The number of hydrogen-bond donors (Lipinski definition) is 1. The molecule has 22 heavy (non-hydrogen) atoms. The fourth-order valence-electron chi connectivity index (χ4n) is 1.91. The van der Waals surface area contributed by atoms with Crippen LogP contribution < -0.4 is 5.32 Å². The molecule has 0 radical (unpaired) electrons. The van der Waals surface area contributed by atoms with Gasteiger partial charge in [-0.1, -0.05) is 46.0 Å². The van der Waals surface area contributed by atoms with E-state index in [0.29, 0.717) is 26.2 Å². The number of nitrogens with one attached hydrogen (secondary N) is 1. The molecule has 0 spiro atoms. The fraction of sp³-hybridized carbons (Fsp3) is 0.882. The Bertz CT molecular complexity index is 282. The molecule has 0 atom stereocenters. The Kier molecular flexibility index (Phi) is 15.2. The van der Waals surface area contributed by atoms with Gasteiger partial charge in [0, 0.05) is 13.0 Å². The molecule has 0 unspecified atom stereocenters. The second-order valence-electron chi connectivity index (χ2n) is 5.51. The van der Waals surface area contributed by atoms with Gasteiger partial charge in [0.05, 0.1) is 13.2 Å². The van der Waals surface area contributed by atoms with Crippen LogP contribution in [0.4, 0.5) is 4.79 Å². The number of alkyl carbamates (subject to hydrolysis) is 1. The Hall–Kier alpha value is -1.26. The third kappa shape index (κ3) is 15.1. The maximum atomic E-state index is 11.5. The zero-order valence-electron chi connectivity index (χ0n) is 14.3. The van der Waals surface area contributed by atoms with Gasteiger partial charge in [-0.25, -0.2) is 4.79 Å². The summed E-state index contributed by atoms with van der Waals surface area (Å²) in [6, 6.07) is 0. The summed E-state index contributed by atoms with van der Waals surface area (Å²) < 4.78 is 10.1. The third-order valence-corrected chi connectivity index (χ3v) is 3.32. The zero-order chi connectivity index (χ0) is 16.5. The Morgan fingerprint density at radius 2 is 1.45 bits per heavy atom. The summed E-state index contributed by atoms with van der Waals surface area (Å²) in [6.07, 6.45) is 9.07. The van der Waals surface area contributed by atoms with E-state index in [4.69, 9.17) is 9.47 Å². The molecule has 0 aromatic heterocycles. The minimum Gasteiger partial charge on any atom is -0.466 e. The highest BCUT2D eigenvalue weighted by molar-refractivity contribution is 5.69. The van der Waals surface area contributed by atoms with Gasteiger partial charge in [-0.05, 0) is 25.7 Å². The molecule has 0 fully saturated rings. The molecule has 0 aliphatic rings. The van der Waals surface area contributed by atoms with Crippen LogP contribution in [0.3, 0.4) is 0 Å². The lowest BCUT2D eigenvalue weighted by Crippen LogP contribution is -2.25. The molecule has 0 aromatic carbocycles. The van der Waals surface area contributed by atoms with Gasteiger partial charge >= 0.3 is 12.1 Å². The van der Waals surface area contributed by atoms with Gasteiger partial charge in [-0.2, -0.15) is 0 Å². The second-order valence-corrected chi connectivity index (χ2v) is 5.51. The van der Waals surface area contributed by atoms with Crippen LogP contribution in [0.15, 0.2) is 0 Å². The molecule has 0 rings (SSSR count). The summed E-state index contributed by atoms with van der Waals surface area (Å²) in [5.74, 6) is -0.108. The largest absolute Gasteiger partial charge is 0.466 e. The van der Waals surface area contributed by atoms with E-state index in [1.165, 1.54) is 12.8 Å². The number of carbonyl (C=O) groups is 2. The van der Waals surface area contributed by atoms with Crippen molar-refractivity contribution in [3.63, 3.8) is 0 Å². The summed E-state index contributed by atoms with van der Waals surface area (Å²) >= 11 is 0. The van der Waals surface area contributed by atoms with E-state index >= 15 is 0 Å². The van der Waals surface area contributed by atoms with Gasteiger partial charge in [-0.3, -0.25) is 4.79 Å². The standard InChI is InChI=1S/C17H33NO4/c1-3-5-7-11-15-21-16(19)12-9-8-10-13-18-17(20)22-14-6-4-2/h3-15H2,1-2H3,(H,18,20). The minimum absolute atomic E-state index is 0.108. The smallest absolute Gasteiger partial charge is 0.407 e. The van der Waals surface area contributed by atoms with E-state index in [2.05, 4.69) is 19.2 Å². The molecule has 0 aliphatic heterocycles. The van der Waals surface area contributed by atoms with Crippen LogP contribution >= 0.6 is 0 Å². The second kappa shape index (κ2) is 16.1. The molecule has 0 heterocycles. The fourth-order valence-corrected chi connectivity index (χ4v) is 1.91. The quantitative estimate of drug-likeness (QED) is 0.385. The van der Waals surface area contributed by atoms with Crippen LogP contribution in [0, 0.1) is 0 Å². The first-order valence-electron chi connectivity index (χ1n) is 8.77. The van der Waals surface area contributed by atoms with Crippen molar-refractivity contribution in [3.05, 3.63) is 0 Å². The molecule has 0 aromatic rings. The summed E-state index contributed by atoms with van der Waals surface area (Å²) in [4.78, 5) is 22.7. The molecular formula is C17H33NO4. The van der Waals surface area contributed by atoms with Gasteiger partial charge in [0.15, 0.2) is 0 Å². The Morgan fingerprint density at radius 3 is 2.18 bits per heavy atom. The molecule has 5 heteroatoms. The zero-order valence-corrected chi connectivity index (χ0v) is 14.3. The van der Waals surface area contributed by atoms with Crippen molar-refractivity contribution in [2.75, 3.05) is 19.8 Å². The average Bonchev–Trinajstić information content (AvgIpc) is 2.50. The number of carbonyl (C=O) groups excluding carboxylic acids is 2. The minimum atomic E-state index is -0.347. The lowest BCUT2D eigenvalue weighted by Gasteiger charge is -2.06. The molecule has 0 saturated carbocycles. The highest BCUT2D eigenvalue weighted by atomic mass is 16.5. The highest BCUT2D eigenvalue weighted by Crippen LogP contribution is 2.03. The number of esters is 1. The maximum absolute atomic E-state index is 11.5. The molecule has 1 N–H and O–H groups in total. The van der Waals surface area contributed by atoms with E-state index < -0.39 is 0 Å². The number of amides is 1. The van der Waals surface area contributed by atoms with Crippen LogP contribution in [0.2, 0.25) is 0 Å². The summed E-state index contributed by atoms with van der Waals surface area (Å²) in [5, 5.41) is 2.71. The number of unbranched alkanes of at least 4 members (excludes halogenated alkanes) is 6. The van der Waals surface area contributed by atoms with Crippen molar-refractivity contribution in [1.82, 2.24) is 5.32 Å². The first kappa shape index (κ1) is 20.7. The van der Waals surface area contributed by atoms with Crippen molar-refractivity contribution >= 4 is 12.1 Å². The van der Waals surface area contributed by atoms with Crippen molar-refractivity contribution in [2.45, 2.75) is 78.1 Å². The summed E-state index contributed by atoms with van der Waals surface area (Å²) in [6.45, 7) is 5.83. The van der Waals surface area contributed by atoms with Crippen molar-refractivity contribution in [3.8, 4) is 0 Å². The highest BCUT2D eigenvalue weighted by Gasteiger charge is 2.03. The first-order chi connectivity index (χ1) is 10.7. The van der Waals surface area contributed by atoms with Crippen molar-refractivity contribution in [1.29, 1.82) is 0 Å². The van der Waals surface area contributed by atoms with Crippen molar-refractivity contribution in [2.24, 2.45) is 0 Å². The SMILES string of the molecule is CCCCCCOC(=O)CCCCCNC(=O)OCCCC. The Balaban J connectivity index is 3.27. The van der Waals surface area contributed by atoms with E-state index in [9.17, 15) is 9.59 Å². The third-order valence-electron chi connectivity index (χ3n) is 3.32. The summed E-state index contributed by atoms with van der Waals surface area (Å²) in [7, 11) is 0. The predicted molar refractivity (Wildman–Crippen MR) is 87.8 cm³/mol. The normalized spacial score (nSPS) is 10.3. The van der Waals surface area contributed by atoms with Gasteiger partial charge < -0.3 is 14.8 Å². The summed E-state index contributed by atoms with van der Waals surface area (Å²) in [5.41, 5.74) is 0. The van der Waals surface area contributed by atoms with Gasteiger partial charge in [-0.15, -0.1) is 0 Å². The molecule has 130 valence electrons. The molecule has 5 nitrogen and oxygen atoms in total. The number of hydrogen-bond acceptors (Lipinski definition) is 4. The van der Waals surface area contributed by atoms with Gasteiger partial charge in [0.2, 0.25) is 0 Å². The molecule has 0 saturated heterocycles. The molecule has 0 bridgehead atoms. The van der Waals surface area contributed by atoms with Crippen molar-refractivity contribution < 1.29 is 19.1 Å². The molecule has 0 aliphatic carbocycles. The predicted octanol–water partition coefficient (Wildman–Crippen LogP) is 4.20. The van der Waals surface area contributed by atoms with E-state index in [1.54, 1.807) is 0 Å². The van der Waals surface area contributed by atoms with E-state index in [1.807, 2.05) is 0 Å². The van der Waals surface area contributed by atoms with Crippen LogP contribution in [-0.4, -0.2) is 31.8 Å².